The summed E-state index contributed by atoms with van der Waals surface area (Å²) in [5.74, 6) is 0. The number of halogens is 3. The van der Waals surface area contributed by atoms with Crippen LogP contribution >= 0.6 is 0 Å². The molecule has 3 rings (SSSR count). The molecule has 0 unspecified atom stereocenters. The van der Waals surface area contributed by atoms with Crippen molar-refractivity contribution in [3.8, 4) is 0 Å². The maximum absolute atomic E-state index is 13.0. The van der Waals surface area contributed by atoms with Crippen LogP contribution in [0, 0.1) is 16.2 Å². The van der Waals surface area contributed by atoms with Gasteiger partial charge < -0.3 is 0 Å². The third-order valence-corrected chi connectivity index (χ3v) is 5.44. The maximum atomic E-state index is 13.0. The number of rotatable bonds is 0. The smallest absolute Gasteiger partial charge is 0.171 e. The molecule has 3 heteroatoms. The molecule has 3 fully saturated rings. The van der Waals surface area contributed by atoms with E-state index in [1.54, 1.807) is 0 Å². The van der Waals surface area contributed by atoms with Crippen molar-refractivity contribution in [2.75, 3.05) is 0 Å². The van der Waals surface area contributed by atoms with Crippen molar-refractivity contribution in [3.63, 3.8) is 0 Å². The van der Waals surface area contributed by atoms with E-state index in [0.717, 1.165) is 19.3 Å². The van der Waals surface area contributed by atoms with E-state index in [0.29, 0.717) is 19.3 Å². The van der Waals surface area contributed by atoms with E-state index < -0.39 is 11.6 Å². The van der Waals surface area contributed by atoms with Crippen molar-refractivity contribution < 1.29 is 13.2 Å². The van der Waals surface area contributed by atoms with Crippen molar-refractivity contribution in [1.29, 1.82) is 0 Å². The molecule has 0 amide bonds. The van der Waals surface area contributed by atoms with Gasteiger partial charge in [0, 0.05) is 0 Å². The Morgan fingerprint density at radius 1 is 0.688 bits per heavy atom. The van der Waals surface area contributed by atoms with Gasteiger partial charge in [0.2, 0.25) is 0 Å². The van der Waals surface area contributed by atoms with Crippen LogP contribution in [-0.4, -0.2) is 6.18 Å². The summed E-state index contributed by atoms with van der Waals surface area (Å²) < 4.78 is 39.1. The Morgan fingerprint density at radius 3 is 1.25 bits per heavy atom. The Morgan fingerprint density at radius 2 is 1.00 bits per heavy atom. The van der Waals surface area contributed by atoms with E-state index in [9.17, 15) is 13.2 Å². The molecule has 0 nitrogen and oxygen atoms in total. The molecule has 0 N–H and O–H groups in total. The molecule has 0 aromatic carbocycles. The Hall–Kier alpha value is -0.210. The molecule has 94 valence electrons. The van der Waals surface area contributed by atoms with Crippen LogP contribution in [0.25, 0.3) is 0 Å². The Labute approximate surface area is 95.6 Å². The largest absolute Gasteiger partial charge is 0.394 e. The fourth-order valence-electron chi connectivity index (χ4n) is 3.74. The first-order valence-corrected chi connectivity index (χ1v) is 6.19. The van der Waals surface area contributed by atoms with Crippen molar-refractivity contribution in [1.82, 2.24) is 0 Å². The summed E-state index contributed by atoms with van der Waals surface area (Å²) in [6.07, 6.45) is -0.644. The van der Waals surface area contributed by atoms with Crippen LogP contribution in [0.4, 0.5) is 13.2 Å². The lowest BCUT2D eigenvalue weighted by Crippen LogP contribution is -2.53. The van der Waals surface area contributed by atoms with Gasteiger partial charge in [0.1, 0.15) is 0 Å². The number of alkyl halides is 3. The minimum absolute atomic E-state index is 0.144. The highest BCUT2D eigenvalue weighted by Crippen LogP contribution is 2.67. The standard InChI is InChI=1S/C13H21F3/c1-10(2,3)11-4-7-12(8-5-11,9-6-11)13(14,15)16/h4-9H2,1-3H3. The van der Waals surface area contributed by atoms with Crippen LogP contribution in [0.3, 0.4) is 0 Å². The second-order valence-electron chi connectivity index (χ2n) is 6.81. The molecule has 0 aliphatic heterocycles. The highest BCUT2D eigenvalue weighted by atomic mass is 19.4. The first-order valence-electron chi connectivity index (χ1n) is 6.19. The zero-order valence-electron chi connectivity index (χ0n) is 10.4. The highest BCUT2D eigenvalue weighted by Gasteiger charge is 2.63. The van der Waals surface area contributed by atoms with Gasteiger partial charge in [-0.1, -0.05) is 20.8 Å². The summed E-state index contributed by atoms with van der Waals surface area (Å²) in [6.45, 7) is 6.54. The summed E-state index contributed by atoms with van der Waals surface area (Å²) in [5, 5.41) is 0. The van der Waals surface area contributed by atoms with Gasteiger partial charge in [0.15, 0.2) is 0 Å². The van der Waals surface area contributed by atoms with Crippen molar-refractivity contribution in [3.05, 3.63) is 0 Å². The predicted molar refractivity (Wildman–Crippen MR) is 58.1 cm³/mol. The number of fused-ring (bicyclic) bond motifs is 3. The zero-order chi connectivity index (χ0) is 12.2. The van der Waals surface area contributed by atoms with Crippen LogP contribution in [0.5, 0.6) is 0 Å². The van der Waals surface area contributed by atoms with Gasteiger partial charge >= 0.3 is 6.18 Å². The summed E-state index contributed by atoms with van der Waals surface area (Å²) in [6, 6.07) is 0. The van der Waals surface area contributed by atoms with Crippen LogP contribution in [0.1, 0.15) is 59.3 Å². The van der Waals surface area contributed by atoms with Crippen LogP contribution in [0.15, 0.2) is 0 Å². The van der Waals surface area contributed by atoms with Crippen molar-refractivity contribution in [2.45, 2.75) is 65.5 Å². The fraction of sp³-hybridized carbons (Fsp3) is 1.00. The first kappa shape index (κ1) is 12.3. The Bertz CT molecular complexity index is 228. The third-order valence-electron chi connectivity index (χ3n) is 5.44. The molecule has 2 bridgehead atoms. The van der Waals surface area contributed by atoms with Crippen LogP contribution in [-0.2, 0) is 0 Å². The molecular formula is C13H21F3. The molecule has 0 aromatic rings. The Kier molecular flexibility index (Phi) is 2.43. The maximum Gasteiger partial charge on any atom is 0.394 e. The van der Waals surface area contributed by atoms with Crippen LogP contribution in [0.2, 0.25) is 0 Å². The van der Waals surface area contributed by atoms with Gasteiger partial charge in [-0.25, -0.2) is 0 Å². The minimum Gasteiger partial charge on any atom is -0.171 e. The van der Waals surface area contributed by atoms with E-state index in [-0.39, 0.29) is 10.8 Å². The Balaban J connectivity index is 2.22. The van der Waals surface area contributed by atoms with Gasteiger partial charge in [-0.15, -0.1) is 0 Å². The molecule has 0 radical (unpaired) electrons. The van der Waals surface area contributed by atoms with E-state index in [1.807, 2.05) is 0 Å². The van der Waals surface area contributed by atoms with Gasteiger partial charge in [-0.3, -0.25) is 0 Å². The molecule has 0 heterocycles. The fourth-order valence-corrected chi connectivity index (χ4v) is 3.74. The normalized spacial score (nSPS) is 40.1. The quantitative estimate of drug-likeness (QED) is 0.557. The third kappa shape index (κ3) is 1.50. The van der Waals surface area contributed by atoms with Gasteiger partial charge in [-0.05, 0) is 49.4 Å². The average molecular weight is 234 g/mol. The lowest BCUT2D eigenvalue weighted by Gasteiger charge is -2.59. The highest BCUT2D eigenvalue weighted by molar-refractivity contribution is 5.06. The van der Waals surface area contributed by atoms with Gasteiger partial charge in [-0.2, -0.15) is 13.2 Å². The lowest BCUT2D eigenvalue weighted by molar-refractivity contribution is -0.267. The predicted octanol–water partition coefficient (Wildman–Crippen LogP) is 4.94. The number of hydrogen-bond donors (Lipinski definition) is 0. The average Bonchev–Trinajstić information content (AvgIpc) is 2.17. The topological polar surface area (TPSA) is 0 Å². The number of hydrogen-bond acceptors (Lipinski definition) is 0. The molecule has 0 spiro atoms. The molecule has 0 saturated heterocycles. The second-order valence-corrected chi connectivity index (χ2v) is 6.81. The SMILES string of the molecule is CC(C)(C)C12CCC(C(F)(F)F)(CC1)CC2. The summed E-state index contributed by atoms with van der Waals surface area (Å²) >= 11 is 0. The first-order chi connectivity index (χ1) is 7.12. The summed E-state index contributed by atoms with van der Waals surface area (Å²) in [7, 11) is 0. The van der Waals surface area contributed by atoms with E-state index >= 15 is 0 Å². The zero-order valence-corrected chi connectivity index (χ0v) is 10.4. The summed E-state index contributed by atoms with van der Waals surface area (Å²) in [5.41, 5.74) is -1.02. The van der Waals surface area contributed by atoms with E-state index in [1.165, 1.54) is 0 Å². The molecule has 3 saturated carbocycles. The molecular weight excluding hydrogens is 213 g/mol. The van der Waals surface area contributed by atoms with E-state index in [4.69, 9.17) is 0 Å². The lowest BCUT2D eigenvalue weighted by atomic mass is 9.47. The second kappa shape index (κ2) is 3.17. The molecule has 16 heavy (non-hydrogen) atoms. The minimum atomic E-state index is -3.99. The molecule has 3 aliphatic rings. The monoisotopic (exact) mass is 234 g/mol. The molecule has 0 atom stereocenters. The molecule has 3 aliphatic carbocycles. The van der Waals surface area contributed by atoms with Gasteiger partial charge in [0.05, 0.1) is 5.41 Å². The van der Waals surface area contributed by atoms with Gasteiger partial charge in [0.25, 0.3) is 0 Å². The van der Waals surface area contributed by atoms with Crippen molar-refractivity contribution in [2.24, 2.45) is 16.2 Å². The van der Waals surface area contributed by atoms with Crippen LogP contribution < -0.4 is 0 Å². The molecule has 0 aromatic heterocycles. The van der Waals surface area contributed by atoms with Crippen molar-refractivity contribution >= 4 is 0 Å². The van der Waals surface area contributed by atoms with E-state index in [2.05, 4.69) is 20.8 Å². The summed E-state index contributed by atoms with van der Waals surface area (Å²) in [4.78, 5) is 0.